The second-order valence-corrected chi connectivity index (χ2v) is 7.24. The molecule has 31 heavy (non-hydrogen) atoms. The number of anilines is 1. The first-order valence-corrected chi connectivity index (χ1v) is 10.2. The Labute approximate surface area is 186 Å². The average Bonchev–Trinajstić information content (AvgIpc) is 2.73. The number of esters is 1. The SMILES string of the molecule is CCCOc1ccc(C(=O)N[C@H](CC(=O)OC)Cc2ccc(NC(N)=O)cc2)cc1Cl. The van der Waals surface area contributed by atoms with Gasteiger partial charge in [-0.05, 0) is 48.7 Å². The van der Waals surface area contributed by atoms with Crippen LogP contribution in [0.1, 0.15) is 35.7 Å². The van der Waals surface area contributed by atoms with Gasteiger partial charge in [-0.1, -0.05) is 30.7 Å². The van der Waals surface area contributed by atoms with Crippen LogP contribution in [0.3, 0.4) is 0 Å². The lowest BCUT2D eigenvalue weighted by molar-refractivity contribution is -0.141. The summed E-state index contributed by atoms with van der Waals surface area (Å²) in [6.07, 6.45) is 1.21. The van der Waals surface area contributed by atoms with E-state index in [0.717, 1.165) is 12.0 Å². The number of carbonyl (C=O) groups is 3. The lowest BCUT2D eigenvalue weighted by Crippen LogP contribution is -2.38. The number of carbonyl (C=O) groups excluding carboxylic acids is 3. The van der Waals surface area contributed by atoms with Gasteiger partial charge in [0.1, 0.15) is 5.75 Å². The van der Waals surface area contributed by atoms with Gasteiger partial charge in [-0.3, -0.25) is 9.59 Å². The highest BCUT2D eigenvalue weighted by molar-refractivity contribution is 6.32. The molecule has 0 aliphatic rings. The highest BCUT2D eigenvalue weighted by Gasteiger charge is 2.19. The van der Waals surface area contributed by atoms with Gasteiger partial charge in [-0.2, -0.15) is 0 Å². The highest BCUT2D eigenvalue weighted by atomic mass is 35.5. The van der Waals surface area contributed by atoms with Crippen LogP contribution in [-0.4, -0.2) is 37.7 Å². The van der Waals surface area contributed by atoms with E-state index in [0.29, 0.717) is 35.1 Å². The number of benzene rings is 2. The van der Waals surface area contributed by atoms with Crippen molar-refractivity contribution in [1.82, 2.24) is 5.32 Å². The predicted octanol–water partition coefficient (Wildman–Crippen LogP) is 3.52. The van der Waals surface area contributed by atoms with E-state index in [1.807, 2.05) is 6.92 Å². The fourth-order valence-corrected chi connectivity index (χ4v) is 3.08. The largest absolute Gasteiger partial charge is 0.492 e. The molecule has 4 N–H and O–H groups in total. The maximum absolute atomic E-state index is 12.7. The summed E-state index contributed by atoms with van der Waals surface area (Å²) in [6, 6.07) is 10.5. The number of hydrogen-bond acceptors (Lipinski definition) is 5. The zero-order chi connectivity index (χ0) is 22.8. The number of methoxy groups -OCH3 is 1. The van der Waals surface area contributed by atoms with E-state index in [2.05, 4.69) is 10.6 Å². The van der Waals surface area contributed by atoms with Crippen LogP contribution in [0.25, 0.3) is 0 Å². The average molecular weight is 448 g/mol. The van der Waals surface area contributed by atoms with Crippen molar-refractivity contribution in [3.63, 3.8) is 0 Å². The molecule has 0 aliphatic carbocycles. The lowest BCUT2D eigenvalue weighted by atomic mass is 10.0. The molecule has 1 atom stereocenters. The minimum absolute atomic E-state index is 0.00501. The van der Waals surface area contributed by atoms with Crippen molar-refractivity contribution in [2.45, 2.75) is 32.2 Å². The molecule has 2 aromatic carbocycles. The topological polar surface area (TPSA) is 120 Å². The van der Waals surface area contributed by atoms with Crippen LogP contribution in [0.5, 0.6) is 5.75 Å². The van der Waals surface area contributed by atoms with E-state index in [9.17, 15) is 14.4 Å². The minimum Gasteiger partial charge on any atom is -0.492 e. The summed E-state index contributed by atoms with van der Waals surface area (Å²) in [6.45, 7) is 2.51. The third kappa shape index (κ3) is 7.82. The van der Waals surface area contributed by atoms with E-state index in [-0.39, 0.29) is 12.3 Å². The Morgan fingerprint density at radius 1 is 1.13 bits per heavy atom. The number of nitrogens with one attached hydrogen (secondary N) is 2. The van der Waals surface area contributed by atoms with Crippen LogP contribution < -0.4 is 21.1 Å². The zero-order valence-electron chi connectivity index (χ0n) is 17.4. The van der Waals surface area contributed by atoms with Crippen LogP contribution in [0, 0.1) is 0 Å². The molecular formula is C22H26ClN3O5. The van der Waals surface area contributed by atoms with Gasteiger partial charge < -0.3 is 25.8 Å². The maximum Gasteiger partial charge on any atom is 0.316 e. The number of urea groups is 1. The Morgan fingerprint density at radius 2 is 1.84 bits per heavy atom. The molecule has 0 fully saturated rings. The van der Waals surface area contributed by atoms with Crippen molar-refractivity contribution < 1.29 is 23.9 Å². The molecule has 8 nitrogen and oxygen atoms in total. The van der Waals surface area contributed by atoms with Gasteiger partial charge in [0.15, 0.2) is 0 Å². The summed E-state index contributed by atoms with van der Waals surface area (Å²) in [4.78, 5) is 35.5. The van der Waals surface area contributed by atoms with Crippen LogP contribution in [-0.2, 0) is 16.0 Å². The summed E-state index contributed by atoms with van der Waals surface area (Å²) in [5.74, 6) is -0.306. The molecule has 0 aliphatic heterocycles. The molecule has 0 saturated carbocycles. The quantitative estimate of drug-likeness (QED) is 0.481. The summed E-state index contributed by atoms with van der Waals surface area (Å²) in [7, 11) is 1.29. The summed E-state index contributed by atoms with van der Waals surface area (Å²) in [5, 5.41) is 5.67. The maximum atomic E-state index is 12.7. The fraction of sp³-hybridized carbons (Fsp3) is 0.318. The Kier molecular flexibility index (Phi) is 9.14. The number of halogens is 1. The zero-order valence-corrected chi connectivity index (χ0v) is 18.2. The molecule has 0 radical (unpaired) electrons. The summed E-state index contributed by atoms with van der Waals surface area (Å²) in [5.41, 5.74) is 6.85. The monoisotopic (exact) mass is 447 g/mol. The van der Waals surface area contributed by atoms with E-state index in [4.69, 9.17) is 26.8 Å². The van der Waals surface area contributed by atoms with Crippen LogP contribution >= 0.6 is 11.6 Å². The number of primary amides is 1. The number of ether oxygens (including phenoxy) is 2. The summed E-state index contributed by atoms with van der Waals surface area (Å²) < 4.78 is 10.3. The van der Waals surface area contributed by atoms with E-state index >= 15 is 0 Å². The van der Waals surface area contributed by atoms with Crippen molar-refractivity contribution in [3.05, 3.63) is 58.6 Å². The molecule has 0 saturated heterocycles. The Morgan fingerprint density at radius 3 is 2.42 bits per heavy atom. The van der Waals surface area contributed by atoms with Crippen LogP contribution in [0.2, 0.25) is 5.02 Å². The molecular weight excluding hydrogens is 422 g/mol. The molecule has 0 aromatic heterocycles. The third-order valence-electron chi connectivity index (χ3n) is 4.34. The fourth-order valence-electron chi connectivity index (χ4n) is 2.85. The number of rotatable bonds is 10. The van der Waals surface area contributed by atoms with Gasteiger partial charge in [0.25, 0.3) is 5.91 Å². The molecule has 0 heterocycles. The normalized spacial score (nSPS) is 11.3. The van der Waals surface area contributed by atoms with Gasteiger partial charge >= 0.3 is 12.0 Å². The van der Waals surface area contributed by atoms with E-state index < -0.39 is 18.0 Å². The molecule has 0 unspecified atom stereocenters. The second-order valence-electron chi connectivity index (χ2n) is 6.83. The van der Waals surface area contributed by atoms with Gasteiger partial charge in [0.2, 0.25) is 0 Å². The smallest absolute Gasteiger partial charge is 0.316 e. The third-order valence-corrected chi connectivity index (χ3v) is 4.63. The number of nitrogens with two attached hydrogens (primary N) is 1. The molecule has 0 spiro atoms. The van der Waals surface area contributed by atoms with Gasteiger partial charge in [-0.25, -0.2) is 4.79 Å². The van der Waals surface area contributed by atoms with Crippen molar-refractivity contribution in [2.24, 2.45) is 5.73 Å². The van der Waals surface area contributed by atoms with Gasteiger partial charge in [-0.15, -0.1) is 0 Å². The molecule has 0 bridgehead atoms. The van der Waals surface area contributed by atoms with Crippen LogP contribution in [0.4, 0.5) is 10.5 Å². The Bertz CT molecular complexity index is 918. The van der Waals surface area contributed by atoms with E-state index in [1.54, 1.807) is 36.4 Å². The van der Waals surface area contributed by atoms with Crippen molar-refractivity contribution in [2.75, 3.05) is 19.0 Å². The molecule has 166 valence electrons. The molecule has 2 aromatic rings. The van der Waals surface area contributed by atoms with Crippen molar-refractivity contribution in [1.29, 1.82) is 0 Å². The standard InChI is InChI=1S/C22H26ClN3O5/c1-3-10-31-19-9-6-15(12-18(19)23)21(28)25-17(13-20(27)30-2)11-14-4-7-16(8-5-14)26-22(24)29/h4-9,12,17H,3,10-11,13H2,1-2H3,(H,25,28)(H3,24,26,29)/t17-/m0/s1. The first-order chi connectivity index (χ1) is 14.8. The van der Waals surface area contributed by atoms with Crippen LogP contribution in [0.15, 0.2) is 42.5 Å². The molecule has 2 rings (SSSR count). The second kappa shape index (κ2) is 11.8. The number of amides is 3. The van der Waals surface area contributed by atoms with Crippen molar-refractivity contribution >= 4 is 35.2 Å². The van der Waals surface area contributed by atoms with Gasteiger partial charge in [0, 0.05) is 17.3 Å². The Balaban J connectivity index is 2.11. The first kappa shape index (κ1) is 24.0. The predicted molar refractivity (Wildman–Crippen MR) is 118 cm³/mol. The highest BCUT2D eigenvalue weighted by Crippen LogP contribution is 2.25. The molecule has 9 heteroatoms. The summed E-state index contributed by atoms with van der Waals surface area (Å²) >= 11 is 6.22. The van der Waals surface area contributed by atoms with Gasteiger partial charge in [0.05, 0.1) is 25.2 Å². The lowest BCUT2D eigenvalue weighted by Gasteiger charge is -2.18. The first-order valence-electron chi connectivity index (χ1n) is 9.77. The van der Waals surface area contributed by atoms with Crippen molar-refractivity contribution in [3.8, 4) is 5.75 Å². The Hall–Kier alpha value is -3.26. The molecule has 3 amide bonds. The number of hydrogen-bond donors (Lipinski definition) is 3. The minimum atomic E-state index is -0.659. The van der Waals surface area contributed by atoms with E-state index in [1.165, 1.54) is 13.2 Å².